The molecule has 4 heteroatoms. The van der Waals surface area contributed by atoms with Gasteiger partial charge in [-0.3, -0.25) is 0 Å². The van der Waals surface area contributed by atoms with E-state index in [2.05, 4.69) is 4.90 Å². The first-order valence-corrected chi connectivity index (χ1v) is 6.55. The van der Waals surface area contributed by atoms with Crippen LogP contribution < -0.4 is 10.6 Å². The highest BCUT2D eigenvalue weighted by molar-refractivity contribution is 5.69. The number of hydrogen-bond acceptors (Lipinski definition) is 3. The third-order valence-electron chi connectivity index (χ3n) is 4.47. The van der Waals surface area contributed by atoms with Crippen LogP contribution in [0.3, 0.4) is 0 Å². The fourth-order valence-electron chi connectivity index (χ4n) is 3.39. The molecule has 3 rings (SSSR count). The molecule has 1 aliphatic heterocycles. The molecule has 1 aliphatic carbocycles. The fraction of sp³-hybridized carbons (Fsp3) is 0.571. The zero-order valence-electron chi connectivity index (χ0n) is 10.6. The molecule has 3 nitrogen and oxygen atoms in total. The zero-order chi connectivity index (χ0) is 12.9. The molecule has 3 atom stereocenters. The maximum absolute atomic E-state index is 13.4. The van der Waals surface area contributed by atoms with Gasteiger partial charge in [-0.1, -0.05) is 0 Å². The van der Waals surface area contributed by atoms with Crippen LogP contribution in [0.25, 0.3) is 0 Å². The molecular formula is C14H19FN2O. The van der Waals surface area contributed by atoms with E-state index >= 15 is 0 Å². The largest absolute Gasteiger partial charge is 0.397 e. The number of fused-ring (bicyclic) bond motifs is 1. The van der Waals surface area contributed by atoms with Gasteiger partial charge in [0.2, 0.25) is 0 Å². The van der Waals surface area contributed by atoms with Gasteiger partial charge >= 0.3 is 0 Å². The van der Waals surface area contributed by atoms with Crippen molar-refractivity contribution in [2.75, 3.05) is 23.7 Å². The summed E-state index contributed by atoms with van der Waals surface area (Å²) in [7, 11) is 0. The van der Waals surface area contributed by atoms with Crippen molar-refractivity contribution >= 4 is 11.4 Å². The molecule has 1 heterocycles. The number of anilines is 2. The first-order chi connectivity index (χ1) is 8.56. The Morgan fingerprint density at radius 1 is 1.33 bits per heavy atom. The molecule has 18 heavy (non-hydrogen) atoms. The average Bonchev–Trinajstić information content (AvgIpc) is 2.87. The van der Waals surface area contributed by atoms with Crippen molar-refractivity contribution in [3.05, 3.63) is 23.5 Å². The summed E-state index contributed by atoms with van der Waals surface area (Å²) in [6.45, 7) is 3.52. The average molecular weight is 250 g/mol. The molecule has 0 radical (unpaired) electrons. The van der Waals surface area contributed by atoms with Crippen LogP contribution in [-0.2, 0) is 0 Å². The van der Waals surface area contributed by atoms with Crippen molar-refractivity contribution in [3.8, 4) is 0 Å². The van der Waals surface area contributed by atoms with Crippen LogP contribution in [0.2, 0.25) is 0 Å². The number of aryl methyl sites for hydroxylation is 1. The second-order valence-corrected chi connectivity index (χ2v) is 5.63. The smallest absolute Gasteiger partial charge is 0.128 e. The molecule has 3 unspecified atom stereocenters. The maximum Gasteiger partial charge on any atom is 0.128 e. The molecule has 0 amide bonds. The number of nitrogens with zero attached hydrogens (tertiary/aromatic N) is 1. The molecule has 0 spiro atoms. The Bertz CT molecular complexity index is 477. The highest BCUT2D eigenvalue weighted by atomic mass is 19.1. The predicted molar refractivity (Wildman–Crippen MR) is 70.0 cm³/mol. The summed E-state index contributed by atoms with van der Waals surface area (Å²) < 4.78 is 13.4. The van der Waals surface area contributed by atoms with Gasteiger partial charge in [-0.2, -0.15) is 0 Å². The van der Waals surface area contributed by atoms with E-state index in [-0.39, 0.29) is 11.9 Å². The topological polar surface area (TPSA) is 49.5 Å². The Balaban J connectivity index is 1.87. The first-order valence-electron chi connectivity index (χ1n) is 6.55. The number of nitrogens with two attached hydrogens (primary N) is 1. The minimum Gasteiger partial charge on any atom is -0.397 e. The summed E-state index contributed by atoms with van der Waals surface area (Å²) in [4.78, 5) is 2.19. The predicted octanol–water partition coefficient (Wildman–Crippen LogP) is 1.92. The van der Waals surface area contributed by atoms with Crippen LogP contribution in [-0.4, -0.2) is 24.3 Å². The molecule has 2 aliphatic rings. The quantitative estimate of drug-likeness (QED) is 0.749. The lowest BCUT2D eigenvalue weighted by molar-refractivity contribution is 0.133. The van der Waals surface area contributed by atoms with E-state index in [9.17, 15) is 9.50 Å². The van der Waals surface area contributed by atoms with E-state index in [1.807, 2.05) is 6.07 Å². The molecule has 3 N–H and O–H groups in total. The number of halogens is 1. The number of nitrogen functional groups attached to an aromatic ring is 1. The van der Waals surface area contributed by atoms with Gasteiger partial charge in [0.25, 0.3) is 0 Å². The van der Waals surface area contributed by atoms with Crippen LogP contribution >= 0.6 is 0 Å². The summed E-state index contributed by atoms with van der Waals surface area (Å²) in [5, 5.41) is 9.91. The van der Waals surface area contributed by atoms with Crippen molar-refractivity contribution in [3.63, 3.8) is 0 Å². The molecular weight excluding hydrogens is 231 g/mol. The zero-order valence-corrected chi connectivity index (χ0v) is 10.6. The van der Waals surface area contributed by atoms with Gasteiger partial charge < -0.3 is 15.7 Å². The molecule has 1 saturated heterocycles. The van der Waals surface area contributed by atoms with Gasteiger partial charge in [-0.15, -0.1) is 0 Å². The molecule has 1 aromatic rings. The number of aliphatic hydroxyl groups excluding tert-OH is 1. The lowest BCUT2D eigenvalue weighted by Crippen LogP contribution is -2.25. The van der Waals surface area contributed by atoms with E-state index in [0.717, 1.165) is 31.6 Å². The lowest BCUT2D eigenvalue weighted by Gasteiger charge is -2.23. The van der Waals surface area contributed by atoms with E-state index in [0.29, 0.717) is 23.1 Å². The van der Waals surface area contributed by atoms with Gasteiger partial charge in [0.05, 0.1) is 17.5 Å². The Hall–Kier alpha value is -1.29. The fourth-order valence-corrected chi connectivity index (χ4v) is 3.39. The second kappa shape index (κ2) is 4.12. The van der Waals surface area contributed by atoms with Gasteiger partial charge in [-0.05, 0) is 43.4 Å². The Morgan fingerprint density at radius 3 is 2.83 bits per heavy atom. The lowest BCUT2D eigenvalue weighted by atomic mass is 10.00. The Labute approximate surface area is 106 Å². The standard InChI is InChI=1S/C14H19FN2O/c1-8-4-13(12(16)5-11(8)15)17-6-9-2-3-14(18)10(9)7-17/h4-5,9-10,14,18H,2-3,6-7,16H2,1H3. The van der Waals surface area contributed by atoms with Crippen molar-refractivity contribution in [1.29, 1.82) is 0 Å². The van der Waals surface area contributed by atoms with Crippen LogP contribution in [0.5, 0.6) is 0 Å². The molecule has 1 aromatic carbocycles. The van der Waals surface area contributed by atoms with E-state index in [4.69, 9.17) is 5.73 Å². The van der Waals surface area contributed by atoms with Crippen LogP contribution in [0.15, 0.2) is 12.1 Å². The van der Waals surface area contributed by atoms with Gasteiger partial charge in [0.15, 0.2) is 0 Å². The minimum atomic E-state index is -0.254. The van der Waals surface area contributed by atoms with Gasteiger partial charge in [0, 0.05) is 19.0 Å². The highest BCUT2D eigenvalue weighted by Gasteiger charge is 2.42. The molecule has 2 fully saturated rings. The third kappa shape index (κ3) is 1.75. The van der Waals surface area contributed by atoms with E-state index < -0.39 is 0 Å². The van der Waals surface area contributed by atoms with Crippen molar-refractivity contribution in [2.45, 2.75) is 25.9 Å². The third-order valence-corrected chi connectivity index (χ3v) is 4.47. The molecule has 0 aromatic heterocycles. The highest BCUT2D eigenvalue weighted by Crippen LogP contribution is 2.41. The number of rotatable bonds is 1. The summed E-state index contributed by atoms with van der Waals surface area (Å²) in [5.41, 5.74) is 7.94. The van der Waals surface area contributed by atoms with Crippen molar-refractivity contribution in [1.82, 2.24) is 0 Å². The van der Waals surface area contributed by atoms with Gasteiger partial charge in [0.1, 0.15) is 5.82 Å². The van der Waals surface area contributed by atoms with Crippen LogP contribution in [0, 0.1) is 24.6 Å². The van der Waals surface area contributed by atoms with Crippen LogP contribution in [0.1, 0.15) is 18.4 Å². The van der Waals surface area contributed by atoms with E-state index in [1.54, 1.807) is 6.92 Å². The summed E-state index contributed by atoms with van der Waals surface area (Å²) in [6.07, 6.45) is 1.83. The molecule has 1 saturated carbocycles. The minimum absolute atomic E-state index is 0.178. The van der Waals surface area contributed by atoms with Crippen LogP contribution in [0.4, 0.5) is 15.8 Å². The van der Waals surface area contributed by atoms with Crippen molar-refractivity contribution < 1.29 is 9.50 Å². The normalized spacial score (nSPS) is 30.8. The molecule has 0 bridgehead atoms. The summed E-state index contributed by atoms with van der Waals surface area (Å²) >= 11 is 0. The molecule has 98 valence electrons. The van der Waals surface area contributed by atoms with E-state index in [1.165, 1.54) is 6.07 Å². The maximum atomic E-state index is 13.4. The first kappa shape index (κ1) is 11.8. The monoisotopic (exact) mass is 250 g/mol. The van der Waals surface area contributed by atoms with Crippen molar-refractivity contribution in [2.24, 2.45) is 11.8 Å². The Kier molecular flexibility index (Phi) is 2.70. The SMILES string of the molecule is Cc1cc(N2CC3CCC(O)C3C2)c(N)cc1F. The summed E-state index contributed by atoms with van der Waals surface area (Å²) in [5.74, 6) is 0.662. The number of benzene rings is 1. The Morgan fingerprint density at radius 2 is 2.11 bits per heavy atom. The second-order valence-electron chi connectivity index (χ2n) is 5.63. The number of aliphatic hydroxyl groups is 1. The summed E-state index contributed by atoms with van der Waals surface area (Å²) in [6, 6.07) is 3.22. The van der Waals surface area contributed by atoms with Gasteiger partial charge in [-0.25, -0.2) is 4.39 Å². The number of hydrogen-bond donors (Lipinski definition) is 2.